The van der Waals surface area contributed by atoms with E-state index in [1.165, 1.54) is 0 Å². The number of ether oxygens (including phenoxy) is 1. The fourth-order valence-electron chi connectivity index (χ4n) is 2.96. The monoisotopic (exact) mass is 283 g/mol. The average molecular weight is 283 g/mol. The molecule has 6 heteroatoms. The summed E-state index contributed by atoms with van der Waals surface area (Å²) in [6.45, 7) is 3.12. The van der Waals surface area contributed by atoms with E-state index in [1.54, 1.807) is 0 Å². The van der Waals surface area contributed by atoms with Gasteiger partial charge in [-0.15, -0.1) is 0 Å². The standard InChI is InChI=1S/C15H17N5O/c16-15-18-11-5-6-17-9-10(11)14(19-15)20-7-8-21-13-4-2-1-3-12(13)20/h1-4,17H,5-9H2,(H2,16,18,19). The van der Waals surface area contributed by atoms with Gasteiger partial charge in [0.2, 0.25) is 5.95 Å². The number of hydrogen-bond acceptors (Lipinski definition) is 6. The van der Waals surface area contributed by atoms with Crippen molar-refractivity contribution < 1.29 is 4.74 Å². The van der Waals surface area contributed by atoms with Crippen molar-refractivity contribution >= 4 is 17.5 Å². The van der Waals surface area contributed by atoms with Crippen molar-refractivity contribution in [2.75, 3.05) is 30.3 Å². The topological polar surface area (TPSA) is 76.3 Å². The lowest BCUT2D eigenvalue weighted by Crippen LogP contribution is -2.33. The molecule has 0 saturated heterocycles. The van der Waals surface area contributed by atoms with E-state index in [4.69, 9.17) is 10.5 Å². The number of nitrogens with two attached hydrogens (primary N) is 1. The average Bonchev–Trinajstić information content (AvgIpc) is 2.53. The van der Waals surface area contributed by atoms with Crippen LogP contribution in [0.1, 0.15) is 11.3 Å². The van der Waals surface area contributed by atoms with Crippen LogP contribution in [0.5, 0.6) is 5.75 Å². The Kier molecular flexibility index (Phi) is 2.89. The van der Waals surface area contributed by atoms with Gasteiger partial charge in [-0.05, 0) is 12.1 Å². The number of nitrogen functional groups attached to an aromatic ring is 1. The first-order chi connectivity index (χ1) is 10.3. The molecule has 0 saturated carbocycles. The van der Waals surface area contributed by atoms with Gasteiger partial charge in [-0.25, -0.2) is 4.98 Å². The summed E-state index contributed by atoms with van der Waals surface area (Å²) in [5.74, 6) is 2.13. The van der Waals surface area contributed by atoms with Crippen LogP contribution in [-0.2, 0) is 13.0 Å². The smallest absolute Gasteiger partial charge is 0.222 e. The van der Waals surface area contributed by atoms with Crippen LogP contribution in [0.3, 0.4) is 0 Å². The molecule has 3 heterocycles. The molecule has 6 nitrogen and oxygen atoms in total. The van der Waals surface area contributed by atoms with Crippen LogP contribution in [0, 0.1) is 0 Å². The first-order valence-electron chi connectivity index (χ1n) is 7.18. The summed E-state index contributed by atoms with van der Waals surface area (Å²) >= 11 is 0. The van der Waals surface area contributed by atoms with Crippen LogP contribution < -0.4 is 20.7 Å². The van der Waals surface area contributed by atoms with E-state index in [-0.39, 0.29) is 0 Å². The van der Waals surface area contributed by atoms with Crippen molar-refractivity contribution in [1.29, 1.82) is 0 Å². The van der Waals surface area contributed by atoms with Crippen LogP contribution in [0.15, 0.2) is 24.3 Å². The number of benzene rings is 1. The van der Waals surface area contributed by atoms with Gasteiger partial charge >= 0.3 is 0 Å². The number of fused-ring (bicyclic) bond motifs is 2. The maximum absolute atomic E-state index is 5.91. The molecule has 108 valence electrons. The summed E-state index contributed by atoms with van der Waals surface area (Å²) in [6.07, 6.45) is 0.890. The second-order valence-electron chi connectivity index (χ2n) is 5.23. The van der Waals surface area contributed by atoms with Crippen LogP contribution in [0.4, 0.5) is 17.5 Å². The van der Waals surface area contributed by atoms with E-state index in [2.05, 4.69) is 26.3 Å². The Hall–Kier alpha value is -2.34. The van der Waals surface area contributed by atoms with Crippen molar-refractivity contribution in [2.24, 2.45) is 0 Å². The second kappa shape index (κ2) is 4.89. The molecule has 3 N–H and O–H groups in total. The first kappa shape index (κ1) is 12.4. The fraction of sp³-hybridized carbons (Fsp3) is 0.333. The predicted molar refractivity (Wildman–Crippen MR) is 80.8 cm³/mol. The number of nitrogens with one attached hydrogen (secondary N) is 1. The van der Waals surface area contributed by atoms with E-state index in [1.807, 2.05) is 18.2 Å². The SMILES string of the molecule is Nc1nc2c(c(N3CCOc4ccccc43)n1)CNCC2. The van der Waals surface area contributed by atoms with E-state index >= 15 is 0 Å². The quantitative estimate of drug-likeness (QED) is 0.820. The predicted octanol–water partition coefficient (Wildman–Crippen LogP) is 1.23. The van der Waals surface area contributed by atoms with Crippen LogP contribution in [0.2, 0.25) is 0 Å². The number of para-hydroxylation sites is 2. The molecule has 0 amide bonds. The van der Waals surface area contributed by atoms with Gasteiger partial charge in [0.1, 0.15) is 18.2 Å². The Bertz CT molecular complexity index is 688. The molecule has 0 fully saturated rings. The molecule has 1 aromatic carbocycles. The van der Waals surface area contributed by atoms with Gasteiger partial charge in [-0.1, -0.05) is 12.1 Å². The minimum Gasteiger partial charge on any atom is -0.490 e. The second-order valence-corrected chi connectivity index (χ2v) is 5.23. The number of rotatable bonds is 1. The van der Waals surface area contributed by atoms with Crippen molar-refractivity contribution in [2.45, 2.75) is 13.0 Å². The van der Waals surface area contributed by atoms with Gasteiger partial charge in [0.05, 0.1) is 17.9 Å². The number of anilines is 3. The minimum atomic E-state index is 0.342. The minimum absolute atomic E-state index is 0.342. The normalized spacial score (nSPS) is 16.9. The molecule has 2 aliphatic rings. The van der Waals surface area contributed by atoms with Gasteiger partial charge in [-0.3, -0.25) is 0 Å². The van der Waals surface area contributed by atoms with Crippen LogP contribution in [-0.4, -0.2) is 29.7 Å². The van der Waals surface area contributed by atoms with Gasteiger partial charge in [-0.2, -0.15) is 4.98 Å². The van der Waals surface area contributed by atoms with Crippen molar-refractivity contribution in [3.05, 3.63) is 35.5 Å². The van der Waals surface area contributed by atoms with Gasteiger partial charge in [0.25, 0.3) is 0 Å². The first-order valence-corrected chi connectivity index (χ1v) is 7.18. The third-order valence-electron chi connectivity index (χ3n) is 3.91. The summed E-state index contributed by atoms with van der Waals surface area (Å²) in [4.78, 5) is 11.1. The number of aromatic nitrogens is 2. The molecule has 0 aliphatic carbocycles. The summed E-state index contributed by atoms with van der Waals surface area (Å²) in [5, 5.41) is 3.39. The highest BCUT2D eigenvalue weighted by atomic mass is 16.5. The zero-order valence-electron chi connectivity index (χ0n) is 11.7. The van der Waals surface area contributed by atoms with Gasteiger partial charge < -0.3 is 20.7 Å². The highest BCUT2D eigenvalue weighted by molar-refractivity contribution is 5.71. The largest absolute Gasteiger partial charge is 0.490 e. The zero-order chi connectivity index (χ0) is 14.2. The summed E-state index contributed by atoms with van der Waals surface area (Å²) in [7, 11) is 0. The lowest BCUT2D eigenvalue weighted by atomic mass is 10.1. The molecular formula is C15H17N5O. The summed E-state index contributed by atoms with van der Waals surface area (Å²) < 4.78 is 5.72. The van der Waals surface area contributed by atoms with Crippen molar-refractivity contribution in [3.63, 3.8) is 0 Å². The molecule has 0 radical (unpaired) electrons. The van der Waals surface area contributed by atoms with E-state index in [0.717, 1.165) is 54.6 Å². The van der Waals surface area contributed by atoms with Crippen molar-refractivity contribution in [3.8, 4) is 5.75 Å². The Morgan fingerprint density at radius 3 is 3.10 bits per heavy atom. The molecule has 2 aliphatic heterocycles. The molecule has 21 heavy (non-hydrogen) atoms. The zero-order valence-corrected chi connectivity index (χ0v) is 11.7. The summed E-state index contributed by atoms with van der Waals surface area (Å²) in [6, 6.07) is 8.02. The fourth-order valence-corrected chi connectivity index (χ4v) is 2.96. The molecule has 0 atom stereocenters. The molecular weight excluding hydrogens is 266 g/mol. The number of nitrogens with zero attached hydrogens (tertiary/aromatic N) is 3. The molecule has 0 spiro atoms. The molecule has 4 rings (SSSR count). The molecule has 1 aromatic heterocycles. The lowest BCUT2D eigenvalue weighted by molar-refractivity contribution is 0.313. The Balaban J connectivity index is 1.86. The maximum Gasteiger partial charge on any atom is 0.222 e. The highest BCUT2D eigenvalue weighted by Crippen LogP contribution is 2.37. The van der Waals surface area contributed by atoms with Crippen molar-refractivity contribution in [1.82, 2.24) is 15.3 Å². The lowest BCUT2D eigenvalue weighted by Gasteiger charge is -2.33. The Morgan fingerprint density at radius 2 is 2.14 bits per heavy atom. The van der Waals surface area contributed by atoms with Crippen LogP contribution >= 0.6 is 0 Å². The van der Waals surface area contributed by atoms with E-state index in [9.17, 15) is 0 Å². The maximum atomic E-state index is 5.91. The highest BCUT2D eigenvalue weighted by Gasteiger charge is 2.25. The molecule has 2 aromatic rings. The van der Waals surface area contributed by atoms with E-state index in [0.29, 0.717) is 12.6 Å². The van der Waals surface area contributed by atoms with Gasteiger partial charge in [0, 0.05) is 25.1 Å². The molecule has 0 bridgehead atoms. The molecule has 0 unspecified atom stereocenters. The third-order valence-corrected chi connectivity index (χ3v) is 3.91. The van der Waals surface area contributed by atoms with E-state index < -0.39 is 0 Å². The van der Waals surface area contributed by atoms with Gasteiger partial charge in [0.15, 0.2) is 0 Å². The third kappa shape index (κ3) is 2.08. The van der Waals surface area contributed by atoms with Crippen LogP contribution in [0.25, 0.3) is 0 Å². The number of hydrogen-bond donors (Lipinski definition) is 2. The summed E-state index contributed by atoms with van der Waals surface area (Å²) in [5.41, 5.74) is 9.15. The Labute approximate surface area is 123 Å². The Morgan fingerprint density at radius 1 is 1.24 bits per heavy atom.